The highest BCUT2D eigenvalue weighted by atomic mass is 31.2. The molecule has 0 aromatic carbocycles. The first-order valence-electron chi connectivity index (χ1n) is 22.5. The van der Waals surface area contributed by atoms with E-state index in [0.717, 1.165) is 64.2 Å². The molecule has 354 valence electrons. The molecule has 0 saturated heterocycles. The molecular weight excluding hydrogens is 819 g/mol. The SMILES string of the molecule is CC/C=C\C/C=C\C/C=C\C/C=C\C=C/C(O)C/C=C\CCC(=O)O[C@H](COC(=O)CCCCCCC/C=C\CCCCCC)COP(=O)(O)OC1[C@H](O)[C@H](O)C(O)[C@H](O)[C@H]1O. The highest BCUT2D eigenvalue weighted by Gasteiger charge is 2.51. The van der Waals surface area contributed by atoms with Crippen molar-refractivity contribution < 1.29 is 68.2 Å². The lowest BCUT2D eigenvalue weighted by atomic mass is 9.85. The lowest BCUT2D eigenvalue weighted by Gasteiger charge is -2.41. The van der Waals surface area contributed by atoms with Crippen molar-refractivity contribution in [2.75, 3.05) is 13.2 Å². The van der Waals surface area contributed by atoms with E-state index in [1.807, 2.05) is 12.2 Å². The first-order chi connectivity index (χ1) is 29.8. The van der Waals surface area contributed by atoms with Gasteiger partial charge in [0.25, 0.3) is 0 Å². The van der Waals surface area contributed by atoms with E-state index in [4.69, 9.17) is 18.5 Å². The molecule has 1 aliphatic rings. The molecule has 0 spiro atoms. The number of unbranched alkanes of at least 4 members (excludes halogenated alkanes) is 9. The Kier molecular flexibility index (Phi) is 33.4. The third-order valence-corrected chi connectivity index (χ3v) is 10.8. The van der Waals surface area contributed by atoms with Crippen LogP contribution in [0, 0.1) is 0 Å². The van der Waals surface area contributed by atoms with Crippen LogP contribution in [0.15, 0.2) is 85.1 Å². The minimum absolute atomic E-state index is 0.115. The zero-order valence-electron chi connectivity index (χ0n) is 37.0. The van der Waals surface area contributed by atoms with Crippen molar-refractivity contribution in [3.8, 4) is 0 Å². The highest BCUT2D eigenvalue weighted by Crippen LogP contribution is 2.47. The highest BCUT2D eigenvalue weighted by molar-refractivity contribution is 7.47. The van der Waals surface area contributed by atoms with Crippen LogP contribution >= 0.6 is 7.82 Å². The number of carbonyl (C=O) groups excluding carboxylic acids is 2. The molecular formula is C47H77O14P. The van der Waals surface area contributed by atoms with Crippen LogP contribution in [0.4, 0.5) is 0 Å². The summed E-state index contributed by atoms with van der Waals surface area (Å²) in [5, 5.41) is 60.3. The molecule has 1 aliphatic carbocycles. The van der Waals surface area contributed by atoms with Gasteiger partial charge in [0.05, 0.1) is 12.7 Å². The van der Waals surface area contributed by atoms with Crippen molar-refractivity contribution in [3.05, 3.63) is 85.1 Å². The first kappa shape index (κ1) is 57.0. The number of hydrogen-bond acceptors (Lipinski definition) is 13. The van der Waals surface area contributed by atoms with E-state index in [0.29, 0.717) is 12.8 Å². The van der Waals surface area contributed by atoms with E-state index in [9.17, 15) is 49.7 Å². The minimum atomic E-state index is -5.17. The molecule has 1 fully saturated rings. The van der Waals surface area contributed by atoms with Crippen molar-refractivity contribution in [2.45, 2.75) is 185 Å². The molecule has 0 amide bonds. The number of allylic oxidation sites excluding steroid dienone is 12. The van der Waals surface area contributed by atoms with E-state index >= 15 is 0 Å². The number of hydrogen-bond donors (Lipinski definition) is 7. The van der Waals surface area contributed by atoms with Gasteiger partial charge in [0, 0.05) is 12.8 Å². The number of phosphoric acid groups is 1. The van der Waals surface area contributed by atoms with Gasteiger partial charge < -0.3 is 45.0 Å². The summed E-state index contributed by atoms with van der Waals surface area (Å²) in [5.41, 5.74) is 0. The van der Waals surface area contributed by atoms with E-state index < -0.39 is 81.8 Å². The van der Waals surface area contributed by atoms with Crippen LogP contribution < -0.4 is 0 Å². The number of aliphatic hydroxyl groups is 6. The Morgan fingerprint density at radius 1 is 0.597 bits per heavy atom. The Balaban J connectivity index is 2.59. The maximum atomic E-state index is 12.8. The van der Waals surface area contributed by atoms with Crippen molar-refractivity contribution in [2.24, 2.45) is 0 Å². The van der Waals surface area contributed by atoms with Crippen molar-refractivity contribution in [1.29, 1.82) is 0 Å². The Morgan fingerprint density at radius 2 is 1.15 bits per heavy atom. The second kappa shape index (κ2) is 36.3. The van der Waals surface area contributed by atoms with Crippen LogP contribution in [0.2, 0.25) is 0 Å². The summed E-state index contributed by atoms with van der Waals surface area (Å²) in [7, 11) is -5.17. The smallest absolute Gasteiger partial charge is 0.462 e. The second-order valence-corrected chi connectivity index (χ2v) is 16.8. The fraction of sp³-hybridized carbons (Fsp3) is 0.660. The molecule has 1 rings (SSSR count). The fourth-order valence-corrected chi connectivity index (χ4v) is 7.13. The van der Waals surface area contributed by atoms with Crippen LogP contribution in [-0.2, 0) is 32.7 Å². The zero-order chi connectivity index (χ0) is 45.9. The molecule has 4 unspecified atom stereocenters. The number of aliphatic hydroxyl groups excluding tert-OH is 6. The molecule has 1 saturated carbocycles. The molecule has 0 aromatic heterocycles. The van der Waals surface area contributed by atoms with Gasteiger partial charge in [0.1, 0.15) is 43.2 Å². The van der Waals surface area contributed by atoms with Gasteiger partial charge in [0.2, 0.25) is 0 Å². The molecule has 0 bridgehead atoms. The van der Waals surface area contributed by atoms with Gasteiger partial charge in [-0.1, -0.05) is 137 Å². The van der Waals surface area contributed by atoms with Crippen LogP contribution in [0.25, 0.3) is 0 Å². The average Bonchev–Trinajstić information content (AvgIpc) is 3.25. The fourth-order valence-electron chi connectivity index (χ4n) is 6.15. The molecule has 62 heavy (non-hydrogen) atoms. The summed E-state index contributed by atoms with van der Waals surface area (Å²) in [6.45, 7) is 2.99. The lowest BCUT2D eigenvalue weighted by molar-refractivity contribution is -0.220. The van der Waals surface area contributed by atoms with Crippen LogP contribution in [0.3, 0.4) is 0 Å². The first-order valence-corrected chi connectivity index (χ1v) is 24.0. The van der Waals surface area contributed by atoms with Gasteiger partial charge in [-0.05, 0) is 70.6 Å². The maximum Gasteiger partial charge on any atom is 0.472 e. The molecule has 0 aromatic rings. The van der Waals surface area contributed by atoms with E-state index in [2.05, 4.69) is 62.5 Å². The molecule has 9 atom stereocenters. The van der Waals surface area contributed by atoms with Crippen LogP contribution in [0.1, 0.15) is 136 Å². The number of ether oxygens (including phenoxy) is 2. The quantitative estimate of drug-likeness (QED) is 0.0108. The van der Waals surface area contributed by atoms with Gasteiger partial charge in [0.15, 0.2) is 6.10 Å². The van der Waals surface area contributed by atoms with Gasteiger partial charge in [-0.2, -0.15) is 0 Å². The van der Waals surface area contributed by atoms with Crippen molar-refractivity contribution in [3.63, 3.8) is 0 Å². The lowest BCUT2D eigenvalue weighted by Crippen LogP contribution is -2.64. The summed E-state index contributed by atoms with van der Waals surface area (Å²) in [6.07, 6.45) is 29.5. The molecule has 0 radical (unpaired) electrons. The molecule has 0 heterocycles. The Hall–Kier alpha value is -3.01. The summed E-state index contributed by atoms with van der Waals surface area (Å²) in [4.78, 5) is 35.6. The predicted molar refractivity (Wildman–Crippen MR) is 241 cm³/mol. The molecule has 14 nitrogen and oxygen atoms in total. The van der Waals surface area contributed by atoms with Gasteiger partial charge in [-0.15, -0.1) is 0 Å². The Morgan fingerprint density at radius 3 is 1.77 bits per heavy atom. The van der Waals surface area contributed by atoms with Crippen molar-refractivity contribution >= 4 is 19.8 Å². The van der Waals surface area contributed by atoms with Crippen LogP contribution in [-0.4, -0.2) is 110 Å². The number of phosphoric ester groups is 1. The van der Waals surface area contributed by atoms with Gasteiger partial charge >= 0.3 is 19.8 Å². The summed E-state index contributed by atoms with van der Waals surface area (Å²) in [6, 6.07) is 0. The monoisotopic (exact) mass is 897 g/mol. The van der Waals surface area contributed by atoms with E-state index in [1.54, 1.807) is 24.3 Å². The summed E-state index contributed by atoms with van der Waals surface area (Å²) >= 11 is 0. The Labute approximate surface area is 370 Å². The summed E-state index contributed by atoms with van der Waals surface area (Å²) < 4.78 is 33.3. The maximum absolute atomic E-state index is 12.8. The second-order valence-electron chi connectivity index (χ2n) is 15.4. The third kappa shape index (κ3) is 28.6. The van der Waals surface area contributed by atoms with Gasteiger partial charge in [-0.25, -0.2) is 4.57 Å². The summed E-state index contributed by atoms with van der Waals surface area (Å²) in [5.74, 6) is -1.30. The predicted octanol–water partition coefficient (Wildman–Crippen LogP) is 7.47. The van der Waals surface area contributed by atoms with Crippen LogP contribution in [0.5, 0.6) is 0 Å². The Bertz CT molecular complexity index is 1420. The van der Waals surface area contributed by atoms with E-state index in [-0.39, 0.29) is 19.3 Å². The number of rotatable bonds is 35. The molecule has 15 heteroatoms. The number of esters is 2. The molecule has 0 aliphatic heterocycles. The number of carbonyl (C=O) groups is 2. The normalized spacial score (nSPS) is 23.2. The standard InChI is InChI=1S/C47H77O14P/c1-3-5-7-9-11-13-15-17-19-21-23-25-28-32-38(48)33-29-27-31-35-41(50)60-39(37-59-62(56,57)61-47-45(54)43(52)42(51)44(53)46(47)55)36-58-40(49)34-30-26-24-22-20-18-16-14-12-10-8-6-4-2/h5,7,11,13-14,16-17,19,23,25,27-29,32,38-39,42-48,51-55H,3-4,6,8-10,12,15,18,20-22,24,26,30-31,33-37H2,1-2H3,(H,56,57)/b7-5-,13-11-,16-14-,19-17-,25-23-,29-27-,32-28-/t38?,39-,42?,43-,44+,45-,46-,47?/m1/s1. The zero-order valence-corrected chi connectivity index (χ0v) is 37.9. The van der Waals surface area contributed by atoms with Crippen molar-refractivity contribution in [1.82, 2.24) is 0 Å². The topological polar surface area (TPSA) is 230 Å². The third-order valence-electron chi connectivity index (χ3n) is 9.81. The minimum Gasteiger partial charge on any atom is -0.462 e. The van der Waals surface area contributed by atoms with E-state index in [1.165, 1.54) is 25.7 Å². The molecule has 7 N–H and O–H groups in total. The largest absolute Gasteiger partial charge is 0.472 e. The van der Waals surface area contributed by atoms with Gasteiger partial charge in [-0.3, -0.25) is 18.6 Å². The average molecular weight is 897 g/mol.